The minimum atomic E-state index is -0.845. The summed E-state index contributed by atoms with van der Waals surface area (Å²) in [7, 11) is 0. The number of hydrogen-bond donors (Lipinski definition) is 0. The third-order valence-electron chi connectivity index (χ3n) is 8.36. The second-order valence-electron chi connectivity index (χ2n) is 10.3. The lowest BCUT2D eigenvalue weighted by atomic mass is 9.66. The molecule has 1 atom stereocenters. The van der Waals surface area contributed by atoms with Crippen molar-refractivity contribution in [3.63, 3.8) is 0 Å². The maximum atomic E-state index is 14.9. The van der Waals surface area contributed by atoms with E-state index in [9.17, 15) is 8.78 Å². The van der Waals surface area contributed by atoms with Crippen molar-refractivity contribution < 1.29 is 13.5 Å². The highest BCUT2D eigenvalue weighted by Crippen LogP contribution is 2.46. The fraction of sp³-hybridized carbons (Fsp3) is 0.724. The van der Waals surface area contributed by atoms with Gasteiger partial charge in [-0.2, -0.15) is 4.39 Å². The Hall–Kier alpha value is -1.38. The maximum Gasteiger partial charge on any atom is 0.200 e. The highest BCUT2D eigenvalue weighted by molar-refractivity contribution is 5.34. The van der Waals surface area contributed by atoms with Crippen LogP contribution in [0.15, 0.2) is 24.8 Å². The van der Waals surface area contributed by atoms with Crippen molar-refractivity contribution in [2.75, 3.05) is 6.61 Å². The third-order valence-corrected chi connectivity index (χ3v) is 8.36. The van der Waals surface area contributed by atoms with Crippen molar-refractivity contribution in [2.24, 2.45) is 23.7 Å². The monoisotopic (exact) mass is 446 g/mol. The number of ether oxygens (including phenoxy) is 1. The summed E-state index contributed by atoms with van der Waals surface area (Å²) in [5.74, 6) is 1.53. The largest absolute Gasteiger partial charge is 0.491 e. The van der Waals surface area contributed by atoms with Crippen molar-refractivity contribution in [1.82, 2.24) is 0 Å². The van der Waals surface area contributed by atoms with Crippen LogP contribution in [0.3, 0.4) is 0 Å². The van der Waals surface area contributed by atoms with Gasteiger partial charge in [0.05, 0.1) is 6.61 Å². The molecule has 2 aliphatic carbocycles. The molecule has 0 N–H and O–H groups in total. The van der Waals surface area contributed by atoms with E-state index in [0.29, 0.717) is 24.5 Å². The van der Waals surface area contributed by atoms with Crippen LogP contribution < -0.4 is 4.74 Å². The van der Waals surface area contributed by atoms with Crippen molar-refractivity contribution in [1.29, 1.82) is 0 Å². The lowest BCUT2D eigenvalue weighted by Gasteiger charge is -2.40. The Kier molecular flexibility index (Phi) is 10.1. The molecule has 1 nitrogen and oxygen atoms in total. The van der Waals surface area contributed by atoms with Gasteiger partial charge >= 0.3 is 0 Å². The molecule has 0 saturated heterocycles. The Morgan fingerprint density at radius 1 is 0.938 bits per heavy atom. The zero-order valence-corrected chi connectivity index (χ0v) is 20.4. The van der Waals surface area contributed by atoms with Crippen LogP contribution in [0.1, 0.15) is 109 Å². The SMILES string of the molecule is C=CCC(c1ccc(OCC)c(F)c1F)C1CCC(C2CCC(CCCCC)CC2)CC1. The van der Waals surface area contributed by atoms with E-state index in [1.54, 1.807) is 19.1 Å². The molecule has 32 heavy (non-hydrogen) atoms. The Bertz CT molecular complexity index is 699. The molecule has 2 saturated carbocycles. The number of halogens is 2. The Morgan fingerprint density at radius 3 is 2.19 bits per heavy atom. The lowest BCUT2D eigenvalue weighted by Crippen LogP contribution is -2.28. The van der Waals surface area contributed by atoms with Gasteiger partial charge in [-0.3, -0.25) is 0 Å². The van der Waals surface area contributed by atoms with E-state index in [0.717, 1.165) is 30.6 Å². The summed E-state index contributed by atoms with van der Waals surface area (Å²) in [5, 5.41) is 0. The highest BCUT2D eigenvalue weighted by Gasteiger charge is 2.34. The average molecular weight is 447 g/mol. The summed E-state index contributed by atoms with van der Waals surface area (Å²) in [6, 6.07) is 3.33. The highest BCUT2D eigenvalue weighted by atomic mass is 19.2. The van der Waals surface area contributed by atoms with Gasteiger partial charge in [0.1, 0.15) is 0 Å². The van der Waals surface area contributed by atoms with Crippen LogP contribution in [0.2, 0.25) is 0 Å². The molecular weight excluding hydrogens is 402 g/mol. The molecule has 3 heteroatoms. The molecular formula is C29H44F2O. The van der Waals surface area contributed by atoms with Gasteiger partial charge in [-0.05, 0) is 93.1 Å². The van der Waals surface area contributed by atoms with Crippen molar-refractivity contribution in [2.45, 2.75) is 103 Å². The van der Waals surface area contributed by atoms with Crippen LogP contribution in [0, 0.1) is 35.3 Å². The van der Waals surface area contributed by atoms with E-state index in [1.165, 1.54) is 64.2 Å². The van der Waals surface area contributed by atoms with Crippen molar-refractivity contribution in [3.8, 4) is 5.75 Å². The van der Waals surface area contributed by atoms with Gasteiger partial charge in [0.15, 0.2) is 11.6 Å². The van der Waals surface area contributed by atoms with Gasteiger partial charge in [0, 0.05) is 0 Å². The quantitative estimate of drug-likeness (QED) is 0.243. The average Bonchev–Trinajstić information content (AvgIpc) is 2.82. The van der Waals surface area contributed by atoms with E-state index in [-0.39, 0.29) is 11.7 Å². The molecule has 0 aliphatic heterocycles. The van der Waals surface area contributed by atoms with E-state index >= 15 is 0 Å². The summed E-state index contributed by atoms with van der Waals surface area (Å²) >= 11 is 0. The zero-order valence-electron chi connectivity index (χ0n) is 20.4. The number of hydrogen-bond acceptors (Lipinski definition) is 1. The lowest BCUT2D eigenvalue weighted by molar-refractivity contribution is 0.134. The Labute approximate surface area is 195 Å². The normalized spacial score (nSPS) is 27.1. The van der Waals surface area contributed by atoms with Gasteiger partial charge in [0.25, 0.3) is 0 Å². The third kappa shape index (κ3) is 6.35. The first-order valence-corrected chi connectivity index (χ1v) is 13.3. The van der Waals surface area contributed by atoms with E-state index < -0.39 is 11.6 Å². The molecule has 0 bridgehead atoms. The second-order valence-corrected chi connectivity index (χ2v) is 10.3. The topological polar surface area (TPSA) is 9.23 Å². The fourth-order valence-electron chi connectivity index (χ4n) is 6.50. The summed E-state index contributed by atoms with van der Waals surface area (Å²) in [6.07, 6.45) is 18.5. The summed E-state index contributed by atoms with van der Waals surface area (Å²) in [4.78, 5) is 0. The van der Waals surface area contributed by atoms with Gasteiger partial charge in [-0.25, -0.2) is 4.39 Å². The maximum absolute atomic E-state index is 14.9. The number of benzene rings is 1. The molecule has 1 unspecified atom stereocenters. The van der Waals surface area contributed by atoms with Gasteiger partial charge < -0.3 is 4.74 Å². The van der Waals surface area contributed by atoms with Crippen molar-refractivity contribution in [3.05, 3.63) is 42.0 Å². The predicted molar refractivity (Wildman–Crippen MR) is 130 cm³/mol. The molecule has 180 valence electrons. The van der Waals surface area contributed by atoms with Crippen molar-refractivity contribution >= 4 is 0 Å². The molecule has 1 aromatic rings. The summed E-state index contributed by atoms with van der Waals surface area (Å²) < 4.78 is 34.7. The van der Waals surface area contributed by atoms with Gasteiger partial charge in [0.2, 0.25) is 5.82 Å². The molecule has 2 aliphatic rings. The van der Waals surface area contributed by atoms with Crippen LogP contribution in [-0.4, -0.2) is 6.61 Å². The van der Waals surface area contributed by atoms with E-state index in [2.05, 4.69) is 13.5 Å². The van der Waals surface area contributed by atoms with Gasteiger partial charge in [-0.15, -0.1) is 6.58 Å². The predicted octanol–water partition coefficient (Wildman–Crippen LogP) is 9.22. The molecule has 3 rings (SSSR count). The minimum absolute atomic E-state index is 0.00734. The first kappa shape index (κ1) is 25.2. The molecule has 0 amide bonds. The number of unbranched alkanes of at least 4 members (excludes halogenated alkanes) is 2. The number of rotatable bonds is 11. The van der Waals surface area contributed by atoms with Crippen LogP contribution in [0.5, 0.6) is 5.75 Å². The molecule has 2 fully saturated rings. The van der Waals surface area contributed by atoms with Crippen LogP contribution in [0.4, 0.5) is 8.78 Å². The molecule has 0 aromatic heterocycles. The van der Waals surface area contributed by atoms with Gasteiger partial charge in [-0.1, -0.05) is 57.6 Å². The minimum Gasteiger partial charge on any atom is -0.491 e. The second kappa shape index (κ2) is 12.8. The number of allylic oxidation sites excluding steroid dienone is 1. The standard InChI is InChI=1S/C29H44F2O/c1-4-7-8-10-21-11-13-22(14-12-21)23-15-17-24(18-16-23)25(9-5-2)26-19-20-27(32-6-3)29(31)28(26)30/h5,19-25H,2,4,6-18H2,1,3H3. The Balaban J connectivity index is 1.56. The van der Waals surface area contributed by atoms with Crippen LogP contribution in [-0.2, 0) is 0 Å². The zero-order chi connectivity index (χ0) is 22.9. The smallest absolute Gasteiger partial charge is 0.200 e. The molecule has 0 radical (unpaired) electrons. The fourth-order valence-corrected chi connectivity index (χ4v) is 6.50. The first-order valence-electron chi connectivity index (χ1n) is 13.3. The van der Waals surface area contributed by atoms with Crippen LogP contribution in [0.25, 0.3) is 0 Å². The molecule has 1 aromatic carbocycles. The first-order chi connectivity index (χ1) is 15.6. The molecule has 0 heterocycles. The van der Waals surface area contributed by atoms with E-state index in [1.807, 2.05) is 6.08 Å². The van der Waals surface area contributed by atoms with Crippen LogP contribution >= 0.6 is 0 Å². The van der Waals surface area contributed by atoms with E-state index in [4.69, 9.17) is 4.74 Å². The summed E-state index contributed by atoms with van der Waals surface area (Å²) in [5.41, 5.74) is 0.502. The Morgan fingerprint density at radius 2 is 1.59 bits per heavy atom. The summed E-state index contributed by atoms with van der Waals surface area (Å²) in [6.45, 7) is 8.30. The molecule has 0 spiro atoms.